The summed E-state index contributed by atoms with van der Waals surface area (Å²) in [4.78, 5) is 16.8. The number of hydrogen-bond donors (Lipinski definition) is 0. The Kier molecular flexibility index (Phi) is 3.06. The summed E-state index contributed by atoms with van der Waals surface area (Å²) in [5.41, 5.74) is 2.30. The highest BCUT2D eigenvalue weighted by atomic mass is 32.1. The van der Waals surface area contributed by atoms with Crippen LogP contribution >= 0.6 is 22.7 Å². The largest absolute Gasteiger partial charge is 0.292 e. The lowest BCUT2D eigenvalue weighted by molar-refractivity contribution is 0.0979. The third-order valence-electron chi connectivity index (χ3n) is 1.90. The fraction of sp³-hybridized carbons (Fsp3) is 0.200. The Morgan fingerprint density at radius 3 is 3.07 bits per heavy atom. The molecule has 2 heterocycles. The summed E-state index contributed by atoms with van der Waals surface area (Å²) in [6.07, 6.45) is 1.39. The van der Waals surface area contributed by atoms with Crippen molar-refractivity contribution in [2.24, 2.45) is 0 Å². The normalized spacial score (nSPS) is 10.3. The van der Waals surface area contributed by atoms with Gasteiger partial charge in [0.05, 0.1) is 5.51 Å². The molecule has 0 aliphatic heterocycles. The monoisotopic (exact) mass is 223 g/mol. The molecule has 0 unspecified atom stereocenters. The summed E-state index contributed by atoms with van der Waals surface area (Å²) >= 11 is 3.15. The Balaban J connectivity index is 1.90. The van der Waals surface area contributed by atoms with Gasteiger partial charge in [-0.15, -0.1) is 22.7 Å². The fourth-order valence-corrected chi connectivity index (χ4v) is 2.44. The molecule has 0 aromatic carbocycles. The molecule has 2 nitrogen and oxygen atoms in total. The zero-order valence-corrected chi connectivity index (χ0v) is 9.11. The van der Waals surface area contributed by atoms with Crippen molar-refractivity contribution >= 4 is 28.5 Å². The molecule has 0 aliphatic rings. The van der Waals surface area contributed by atoms with Crippen LogP contribution in [0.2, 0.25) is 0 Å². The molecule has 4 heteroatoms. The van der Waals surface area contributed by atoms with Gasteiger partial charge in [0.1, 0.15) is 5.69 Å². The van der Waals surface area contributed by atoms with Crippen molar-refractivity contribution in [3.8, 4) is 0 Å². The first-order valence-electron chi connectivity index (χ1n) is 4.30. The molecule has 0 spiro atoms. The minimum Gasteiger partial charge on any atom is -0.292 e. The van der Waals surface area contributed by atoms with Gasteiger partial charge in [-0.1, -0.05) is 6.07 Å². The predicted molar refractivity (Wildman–Crippen MR) is 59.1 cm³/mol. The summed E-state index contributed by atoms with van der Waals surface area (Å²) in [5.74, 6) is 0.139. The number of thiophene rings is 1. The summed E-state index contributed by atoms with van der Waals surface area (Å²) < 4.78 is 0. The van der Waals surface area contributed by atoms with E-state index in [0.29, 0.717) is 12.1 Å². The maximum atomic E-state index is 11.5. The minimum absolute atomic E-state index is 0.139. The summed E-state index contributed by atoms with van der Waals surface area (Å²) in [7, 11) is 0. The minimum atomic E-state index is 0.139. The van der Waals surface area contributed by atoms with Crippen LogP contribution in [0.15, 0.2) is 28.4 Å². The van der Waals surface area contributed by atoms with E-state index in [2.05, 4.69) is 11.1 Å². The van der Waals surface area contributed by atoms with E-state index in [0.717, 1.165) is 6.42 Å². The van der Waals surface area contributed by atoms with Crippen molar-refractivity contribution in [3.63, 3.8) is 0 Å². The molecule has 14 heavy (non-hydrogen) atoms. The lowest BCUT2D eigenvalue weighted by Crippen LogP contribution is -2.00. The van der Waals surface area contributed by atoms with E-state index in [1.165, 1.54) is 16.2 Å². The smallest absolute Gasteiger partial charge is 0.182 e. The van der Waals surface area contributed by atoms with Crippen LogP contribution in [0.1, 0.15) is 21.8 Å². The van der Waals surface area contributed by atoms with Gasteiger partial charge in [0, 0.05) is 16.7 Å². The molecule has 0 radical (unpaired) electrons. The Labute approximate surface area is 90.2 Å². The summed E-state index contributed by atoms with van der Waals surface area (Å²) in [6.45, 7) is 0. The van der Waals surface area contributed by atoms with Crippen LogP contribution in [0, 0.1) is 0 Å². The third-order valence-corrected chi connectivity index (χ3v) is 3.42. The van der Waals surface area contributed by atoms with Crippen LogP contribution in [0.4, 0.5) is 0 Å². The summed E-state index contributed by atoms with van der Waals surface area (Å²) in [5, 5.41) is 3.83. The molecule has 0 bridgehead atoms. The van der Waals surface area contributed by atoms with E-state index in [1.807, 2.05) is 11.4 Å². The van der Waals surface area contributed by atoms with Crippen molar-refractivity contribution in [2.45, 2.75) is 12.8 Å². The first-order chi connectivity index (χ1) is 6.86. The van der Waals surface area contributed by atoms with E-state index in [-0.39, 0.29) is 5.78 Å². The quantitative estimate of drug-likeness (QED) is 0.746. The van der Waals surface area contributed by atoms with Crippen LogP contribution in [0.3, 0.4) is 0 Å². The van der Waals surface area contributed by atoms with Gasteiger partial charge < -0.3 is 0 Å². The third kappa shape index (κ3) is 2.27. The Hall–Kier alpha value is -1.00. The summed E-state index contributed by atoms with van der Waals surface area (Å²) in [6, 6.07) is 4.06. The van der Waals surface area contributed by atoms with Crippen molar-refractivity contribution < 1.29 is 4.79 Å². The maximum absolute atomic E-state index is 11.5. The number of Topliss-reactive ketones (excluding diaryl/α,β-unsaturated/α-hetero) is 1. The van der Waals surface area contributed by atoms with Gasteiger partial charge in [0.15, 0.2) is 5.78 Å². The van der Waals surface area contributed by atoms with Gasteiger partial charge in [-0.25, -0.2) is 4.98 Å². The van der Waals surface area contributed by atoms with Gasteiger partial charge in [-0.2, -0.15) is 0 Å². The number of thiazole rings is 1. The van der Waals surface area contributed by atoms with Crippen molar-refractivity contribution in [2.75, 3.05) is 0 Å². The number of ketones is 1. The average molecular weight is 223 g/mol. The number of aromatic nitrogens is 1. The molecule has 0 fully saturated rings. The van der Waals surface area contributed by atoms with Gasteiger partial charge in [0.25, 0.3) is 0 Å². The second kappa shape index (κ2) is 4.48. The molecule has 0 saturated heterocycles. The van der Waals surface area contributed by atoms with Gasteiger partial charge >= 0.3 is 0 Å². The van der Waals surface area contributed by atoms with Crippen LogP contribution in [-0.4, -0.2) is 10.8 Å². The Morgan fingerprint density at radius 1 is 1.50 bits per heavy atom. The number of rotatable bonds is 4. The number of nitrogens with zero attached hydrogens (tertiary/aromatic N) is 1. The zero-order chi connectivity index (χ0) is 9.80. The van der Waals surface area contributed by atoms with E-state index in [9.17, 15) is 4.79 Å². The number of carbonyl (C=O) groups excluding carboxylic acids is 1. The zero-order valence-electron chi connectivity index (χ0n) is 7.47. The topological polar surface area (TPSA) is 30.0 Å². The highest BCUT2D eigenvalue weighted by molar-refractivity contribution is 7.09. The lowest BCUT2D eigenvalue weighted by atomic mass is 10.1. The highest BCUT2D eigenvalue weighted by Crippen LogP contribution is 2.13. The van der Waals surface area contributed by atoms with E-state index >= 15 is 0 Å². The number of hydrogen-bond acceptors (Lipinski definition) is 4. The molecule has 2 aromatic heterocycles. The van der Waals surface area contributed by atoms with Gasteiger partial charge in [-0.3, -0.25) is 4.79 Å². The van der Waals surface area contributed by atoms with E-state index < -0.39 is 0 Å². The number of aryl methyl sites for hydroxylation is 1. The molecule has 0 amide bonds. The Morgan fingerprint density at radius 2 is 2.43 bits per heavy atom. The predicted octanol–water partition coefficient (Wildman–Crippen LogP) is 3.02. The fourth-order valence-electron chi connectivity index (χ4n) is 1.17. The Bertz CT molecular complexity index is 392. The van der Waals surface area contributed by atoms with Crippen LogP contribution in [0.25, 0.3) is 0 Å². The van der Waals surface area contributed by atoms with Crippen LogP contribution < -0.4 is 0 Å². The van der Waals surface area contributed by atoms with Crippen molar-refractivity contribution in [3.05, 3.63) is 39.0 Å². The standard InChI is InChI=1S/C10H9NOS2/c12-10(9-6-13-7-11-9)4-3-8-2-1-5-14-8/h1-2,5-7H,3-4H2. The lowest BCUT2D eigenvalue weighted by Gasteiger charge is -1.94. The molecule has 2 aromatic rings. The molecule has 72 valence electrons. The average Bonchev–Trinajstić information content (AvgIpc) is 2.87. The number of carbonyl (C=O) groups is 1. The molecule has 0 atom stereocenters. The molecule has 2 rings (SSSR count). The van der Waals surface area contributed by atoms with E-state index in [1.54, 1.807) is 22.2 Å². The van der Waals surface area contributed by atoms with E-state index in [4.69, 9.17) is 0 Å². The second-order valence-corrected chi connectivity index (χ2v) is 4.63. The van der Waals surface area contributed by atoms with Crippen LogP contribution in [0.5, 0.6) is 0 Å². The first-order valence-corrected chi connectivity index (χ1v) is 6.12. The van der Waals surface area contributed by atoms with Gasteiger partial charge in [-0.05, 0) is 17.9 Å². The molecule has 0 aliphatic carbocycles. The molecule has 0 saturated carbocycles. The first kappa shape index (κ1) is 9.55. The SMILES string of the molecule is O=C(CCc1cccs1)c1cscn1. The van der Waals surface area contributed by atoms with Crippen LogP contribution in [-0.2, 0) is 6.42 Å². The van der Waals surface area contributed by atoms with Crippen molar-refractivity contribution in [1.82, 2.24) is 4.98 Å². The van der Waals surface area contributed by atoms with Crippen molar-refractivity contribution in [1.29, 1.82) is 0 Å². The molecule has 0 N–H and O–H groups in total. The second-order valence-electron chi connectivity index (χ2n) is 2.88. The van der Waals surface area contributed by atoms with Gasteiger partial charge in [0.2, 0.25) is 0 Å². The maximum Gasteiger partial charge on any atom is 0.182 e. The molecular formula is C10H9NOS2. The molecular weight excluding hydrogens is 214 g/mol. The highest BCUT2D eigenvalue weighted by Gasteiger charge is 2.07.